The summed E-state index contributed by atoms with van der Waals surface area (Å²) in [6.07, 6.45) is -1.51. The molecule has 0 radical (unpaired) electrons. The van der Waals surface area contributed by atoms with E-state index in [9.17, 15) is 28.1 Å². The number of ether oxygens (including phenoxy) is 2. The molecule has 37 heavy (non-hydrogen) atoms. The van der Waals surface area contributed by atoms with Gasteiger partial charge in [-0.1, -0.05) is 11.6 Å². The molecule has 2 fully saturated rings. The Morgan fingerprint density at radius 3 is 2.35 bits per heavy atom. The van der Waals surface area contributed by atoms with Crippen LogP contribution in [-0.4, -0.2) is 65.7 Å². The highest BCUT2D eigenvalue weighted by Gasteiger charge is 2.39. The molecule has 1 saturated heterocycles. The highest BCUT2D eigenvalue weighted by molar-refractivity contribution is 6.30. The smallest absolute Gasteiger partial charge is 0.423 e. The lowest BCUT2D eigenvalue weighted by Crippen LogP contribution is -2.50. The van der Waals surface area contributed by atoms with E-state index in [1.807, 2.05) is 6.07 Å². The Morgan fingerprint density at radius 1 is 1.08 bits per heavy atom. The van der Waals surface area contributed by atoms with Crippen molar-refractivity contribution >= 4 is 29.0 Å². The molecule has 0 unspecified atom stereocenters. The van der Waals surface area contributed by atoms with Crippen LogP contribution in [0.2, 0.25) is 5.02 Å². The molecular weight excluding hydrogens is 517 g/mol. The summed E-state index contributed by atoms with van der Waals surface area (Å²) in [5.41, 5.74) is -2.35. The van der Waals surface area contributed by atoms with Gasteiger partial charge in [0.1, 0.15) is 23.7 Å². The maximum absolute atomic E-state index is 13.2. The first-order valence-corrected chi connectivity index (χ1v) is 12.3. The van der Waals surface area contributed by atoms with Crippen LogP contribution in [0.4, 0.5) is 24.7 Å². The summed E-state index contributed by atoms with van der Waals surface area (Å²) in [5.74, 6) is 0.660. The van der Waals surface area contributed by atoms with Crippen LogP contribution in [0.3, 0.4) is 0 Å². The molecule has 0 N–H and O–H groups in total. The van der Waals surface area contributed by atoms with Crippen LogP contribution in [0.5, 0.6) is 5.75 Å². The van der Waals surface area contributed by atoms with E-state index in [4.69, 9.17) is 21.1 Å². The summed E-state index contributed by atoms with van der Waals surface area (Å²) in [6.45, 7) is 2.39. The predicted molar refractivity (Wildman–Crippen MR) is 129 cm³/mol. The molecule has 1 aromatic carbocycles. The maximum atomic E-state index is 13.2. The van der Waals surface area contributed by atoms with Crippen LogP contribution in [0.15, 0.2) is 36.5 Å². The number of halogens is 4. The number of pyridine rings is 1. The minimum Gasteiger partial charge on any atom is -0.490 e. The van der Waals surface area contributed by atoms with Gasteiger partial charge in [0.15, 0.2) is 0 Å². The van der Waals surface area contributed by atoms with Crippen molar-refractivity contribution in [2.24, 2.45) is 0 Å². The molecule has 200 valence electrons. The van der Waals surface area contributed by atoms with Crippen molar-refractivity contribution in [1.82, 2.24) is 9.88 Å². The molecule has 0 atom stereocenters. The van der Waals surface area contributed by atoms with Crippen LogP contribution in [0.1, 0.15) is 31.2 Å². The molecular formula is C24H26ClF3N4O5. The molecule has 1 aliphatic carbocycles. The molecule has 13 heteroatoms. The number of carbonyl (C=O) groups is 1. The number of amides is 1. The summed E-state index contributed by atoms with van der Waals surface area (Å²) >= 11 is 5.88. The van der Waals surface area contributed by atoms with Crippen molar-refractivity contribution in [1.29, 1.82) is 0 Å². The van der Waals surface area contributed by atoms with Crippen molar-refractivity contribution in [3.8, 4) is 5.75 Å². The Bertz CT molecular complexity index is 1100. The fraction of sp³-hybridized carbons (Fsp3) is 0.500. The molecule has 2 heterocycles. The number of carbonyl (C=O) groups excluding carboxylic acids is 1. The van der Waals surface area contributed by atoms with Gasteiger partial charge in [-0.2, -0.15) is 13.2 Å². The Labute approximate surface area is 216 Å². The molecule has 4 rings (SSSR count). The van der Waals surface area contributed by atoms with Gasteiger partial charge in [0, 0.05) is 38.4 Å². The third-order valence-corrected chi connectivity index (χ3v) is 6.73. The number of anilines is 1. The van der Waals surface area contributed by atoms with E-state index in [0.717, 1.165) is 11.9 Å². The Hall–Kier alpha value is -3.12. The zero-order chi connectivity index (χ0) is 26.6. The first kappa shape index (κ1) is 26.9. The van der Waals surface area contributed by atoms with Crippen molar-refractivity contribution in [3.63, 3.8) is 0 Å². The topological polar surface area (TPSA) is 98.0 Å². The largest absolute Gasteiger partial charge is 0.490 e. The monoisotopic (exact) mass is 542 g/mol. The summed E-state index contributed by atoms with van der Waals surface area (Å²) in [5, 5.41) is 11.5. The number of piperazine rings is 1. The van der Waals surface area contributed by atoms with E-state index in [-0.39, 0.29) is 30.5 Å². The first-order chi connectivity index (χ1) is 17.6. The lowest BCUT2D eigenvalue weighted by atomic mass is 9.95. The van der Waals surface area contributed by atoms with Crippen molar-refractivity contribution < 1.29 is 32.4 Å². The standard InChI is InChI=1S/C24H26ClF3N4O5/c25-16-1-8-22(29-14-16)30-9-11-31(12-10-30)23(33)15-36-17-2-4-18(5-3-17)37-19-6-7-21(32(34)35)20(13-19)24(26,27)28/h1,6-8,13-14,17-18H,2-5,9-12,15H2/t17-,18-. The van der Waals surface area contributed by atoms with Gasteiger partial charge in [-0.3, -0.25) is 14.9 Å². The normalized spacial score (nSPS) is 20.5. The van der Waals surface area contributed by atoms with Gasteiger partial charge in [-0.15, -0.1) is 0 Å². The van der Waals surface area contributed by atoms with Gasteiger partial charge < -0.3 is 19.3 Å². The second kappa shape index (κ2) is 11.5. The molecule has 1 aromatic heterocycles. The van der Waals surface area contributed by atoms with Gasteiger partial charge in [0.2, 0.25) is 5.91 Å². The highest BCUT2D eigenvalue weighted by atomic mass is 35.5. The SMILES string of the molecule is O=C(CO[C@H]1CC[C@H](Oc2ccc([N+](=O)[O-])c(C(F)(F)F)c2)CC1)N1CCN(c2ccc(Cl)cn2)CC1. The quantitative estimate of drug-likeness (QED) is 0.369. The number of hydrogen-bond donors (Lipinski definition) is 0. The number of nitro groups is 1. The average Bonchev–Trinajstić information content (AvgIpc) is 2.88. The van der Waals surface area contributed by atoms with Crippen LogP contribution in [0, 0.1) is 10.1 Å². The van der Waals surface area contributed by atoms with Gasteiger partial charge in [0.05, 0.1) is 22.2 Å². The zero-order valence-corrected chi connectivity index (χ0v) is 20.6. The maximum Gasteiger partial charge on any atom is 0.423 e. The third-order valence-electron chi connectivity index (χ3n) is 6.50. The lowest BCUT2D eigenvalue weighted by Gasteiger charge is -2.36. The van der Waals surface area contributed by atoms with Crippen molar-refractivity contribution in [3.05, 3.63) is 57.2 Å². The number of aromatic nitrogens is 1. The summed E-state index contributed by atoms with van der Waals surface area (Å²) < 4.78 is 51.1. The number of alkyl halides is 3. The van der Waals surface area contributed by atoms with Crippen molar-refractivity contribution in [2.75, 3.05) is 37.7 Å². The minimum absolute atomic E-state index is 0.0350. The van der Waals surface area contributed by atoms with E-state index >= 15 is 0 Å². The van der Waals surface area contributed by atoms with Crippen LogP contribution >= 0.6 is 11.6 Å². The van der Waals surface area contributed by atoms with E-state index in [0.29, 0.717) is 63.0 Å². The van der Waals surface area contributed by atoms with Crippen LogP contribution in [-0.2, 0) is 15.7 Å². The van der Waals surface area contributed by atoms with Crippen LogP contribution < -0.4 is 9.64 Å². The fourth-order valence-corrected chi connectivity index (χ4v) is 4.62. The molecule has 1 aliphatic heterocycles. The van der Waals surface area contributed by atoms with E-state index in [2.05, 4.69) is 9.88 Å². The van der Waals surface area contributed by atoms with E-state index in [1.165, 1.54) is 6.07 Å². The Balaban J connectivity index is 1.20. The van der Waals surface area contributed by atoms with Crippen LogP contribution in [0.25, 0.3) is 0 Å². The van der Waals surface area contributed by atoms with Gasteiger partial charge >= 0.3 is 6.18 Å². The molecule has 1 amide bonds. The minimum atomic E-state index is -4.86. The predicted octanol–water partition coefficient (Wildman–Crippen LogP) is 4.72. The van der Waals surface area contributed by atoms with E-state index in [1.54, 1.807) is 17.2 Å². The molecule has 0 spiro atoms. The second-order valence-electron chi connectivity index (χ2n) is 8.96. The fourth-order valence-electron chi connectivity index (χ4n) is 4.50. The zero-order valence-electron chi connectivity index (χ0n) is 19.8. The average molecular weight is 543 g/mol. The molecule has 2 aliphatic rings. The number of nitrogens with zero attached hydrogens (tertiary/aromatic N) is 4. The summed E-state index contributed by atoms with van der Waals surface area (Å²) in [7, 11) is 0. The Morgan fingerprint density at radius 2 is 1.76 bits per heavy atom. The number of benzene rings is 1. The highest BCUT2D eigenvalue weighted by Crippen LogP contribution is 2.38. The molecule has 2 aromatic rings. The van der Waals surface area contributed by atoms with Crippen molar-refractivity contribution in [2.45, 2.75) is 44.1 Å². The number of rotatable bonds is 7. The van der Waals surface area contributed by atoms with Gasteiger partial charge in [0.25, 0.3) is 5.69 Å². The third kappa shape index (κ3) is 7.01. The number of hydrogen-bond acceptors (Lipinski definition) is 7. The molecule has 0 bridgehead atoms. The van der Waals surface area contributed by atoms with E-state index < -0.39 is 22.4 Å². The van der Waals surface area contributed by atoms with Gasteiger partial charge in [-0.25, -0.2) is 4.98 Å². The summed E-state index contributed by atoms with van der Waals surface area (Å²) in [4.78, 5) is 30.6. The lowest BCUT2D eigenvalue weighted by molar-refractivity contribution is -0.388. The molecule has 1 saturated carbocycles. The number of nitro benzene ring substituents is 1. The van der Waals surface area contributed by atoms with Gasteiger partial charge in [-0.05, 0) is 49.9 Å². The molecule has 9 nitrogen and oxygen atoms in total. The first-order valence-electron chi connectivity index (χ1n) is 11.9. The Kier molecular flexibility index (Phi) is 8.38. The second-order valence-corrected chi connectivity index (χ2v) is 9.40. The summed E-state index contributed by atoms with van der Waals surface area (Å²) in [6, 6.07) is 6.28.